The summed E-state index contributed by atoms with van der Waals surface area (Å²) in [6.07, 6.45) is -3.44. The lowest BCUT2D eigenvalue weighted by molar-refractivity contribution is -0.186. The second-order valence-corrected chi connectivity index (χ2v) is 7.70. The van der Waals surface area contributed by atoms with E-state index in [1.54, 1.807) is 0 Å². The number of aromatic amines is 1. The van der Waals surface area contributed by atoms with Gasteiger partial charge < -0.3 is 15.2 Å². The average molecular weight is 480 g/mol. The SMILES string of the molecule is O=C(NC1CCN(C(=O)C(F)(F)F)CC1)c1cc(C(=O)c2c(Cl)ccc(Cl)c2F)c[nH]1. The zero-order chi connectivity index (χ0) is 22.9. The number of amides is 2. The molecule has 1 fully saturated rings. The first-order valence-corrected chi connectivity index (χ1v) is 9.78. The lowest BCUT2D eigenvalue weighted by Gasteiger charge is -2.32. The molecule has 3 rings (SSSR count). The highest BCUT2D eigenvalue weighted by molar-refractivity contribution is 6.37. The van der Waals surface area contributed by atoms with Crippen LogP contribution >= 0.6 is 23.2 Å². The molecule has 12 heteroatoms. The highest BCUT2D eigenvalue weighted by Gasteiger charge is 2.43. The molecule has 0 bridgehead atoms. The summed E-state index contributed by atoms with van der Waals surface area (Å²) in [5, 5.41) is 2.21. The monoisotopic (exact) mass is 479 g/mol. The van der Waals surface area contributed by atoms with Gasteiger partial charge in [0.15, 0.2) is 11.6 Å². The van der Waals surface area contributed by atoms with Gasteiger partial charge in [0.25, 0.3) is 5.91 Å². The lowest BCUT2D eigenvalue weighted by atomic mass is 10.0. The molecule has 2 N–H and O–H groups in total. The van der Waals surface area contributed by atoms with Crippen LogP contribution in [0.5, 0.6) is 0 Å². The second-order valence-electron chi connectivity index (χ2n) is 6.89. The fraction of sp³-hybridized carbons (Fsp3) is 0.316. The molecule has 0 atom stereocenters. The van der Waals surface area contributed by atoms with Gasteiger partial charge >= 0.3 is 12.1 Å². The van der Waals surface area contributed by atoms with Gasteiger partial charge in [-0.2, -0.15) is 13.2 Å². The first-order chi connectivity index (χ1) is 14.5. The number of carbonyl (C=O) groups is 3. The number of nitrogens with one attached hydrogen (secondary N) is 2. The number of piperidine rings is 1. The zero-order valence-electron chi connectivity index (χ0n) is 15.7. The van der Waals surface area contributed by atoms with Crippen molar-refractivity contribution in [2.24, 2.45) is 0 Å². The first-order valence-electron chi connectivity index (χ1n) is 9.02. The van der Waals surface area contributed by atoms with Gasteiger partial charge in [-0.15, -0.1) is 0 Å². The van der Waals surface area contributed by atoms with Crippen molar-refractivity contribution in [3.63, 3.8) is 0 Å². The van der Waals surface area contributed by atoms with E-state index in [0.717, 1.165) is 0 Å². The maximum absolute atomic E-state index is 14.2. The van der Waals surface area contributed by atoms with Gasteiger partial charge in [0.1, 0.15) is 5.69 Å². The predicted molar refractivity (Wildman–Crippen MR) is 104 cm³/mol. The molecule has 0 saturated carbocycles. The van der Waals surface area contributed by atoms with Gasteiger partial charge in [-0.25, -0.2) is 4.39 Å². The average Bonchev–Trinajstić information content (AvgIpc) is 3.21. The van der Waals surface area contributed by atoms with Crippen LogP contribution in [0.3, 0.4) is 0 Å². The van der Waals surface area contributed by atoms with Gasteiger partial charge in [-0.05, 0) is 31.0 Å². The number of aromatic nitrogens is 1. The number of H-pyrrole nitrogens is 1. The number of benzene rings is 1. The molecule has 1 saturated heterocycles. The van der Waals surface area contributed by atoms with Crippen LogP contribution in [-0.4, -0.2) is 52.8 Å². The largest absolute Gasteiger partial charge is 0.471 e. The lowest BCUT2D eigenvalue weighted by Crippen LogP contribution is -2.50. The number of likely N-dealkylation sites (tertiary alicyclic amines) is 1. The van der Waals surface area contributed by atoms with Crippen molar-refractivity contribution in [2.75, 3.05) is 13.1 Å². The Labute approximate surface area is 183 Å². The smallest absolute Gasteiger partial charge is 0.356 e. The van der Waals surface area contributed by atoms with Crippen LogP contribution in [0.1, 0.15) is 39.3 Å². The number of rotatable bonds is 4. The summed E-state index contributed by atoms with van der Waals surface area (Å²) in [4.78, 5) is 39.5. The number of hydrogen-bond acceptors (Lipinski definition) is 3. The minimum atomic E-state index is -4.94. The van der Waals surface area contributed by atoms with E-state index < -0.39 is 41.2 Å². The number of ketones is 1. The van der Waals surface area contributed by atoms with E-state index in [4.69, 9.17) is 23.2 Å². The molecule has 1 aliphatic rings. The Morgan fingerprint density at radius 2 is 1.71 bits per heavy atom. The molecular weight excluding hydrogens is 465 g/mol. The standard InChI is InChI=1S/C19H15Cl2F4N3O3/c20-11-1-2-12(21)15(22)14(11)16(29)9-7-13(26-8-9)17(30)27-10-3-5-28(6-4-10)18(31)19(23,24)25/h1-2,7-8,10,26H,3-6H2,(H,27,30). The third-order valence-electron chi connectivity index (χ3n) is 4.82. The highest BCUT2D eigenvalue weighted by Crippen LogP contribution is 2.28. The van der Waals surface area contributed by atoms with E-state index in [-0.39, 0.29) is 47.2 Å². The van der Waals surface area contributed by atoms with Crippen LogP contribution in [0.25, 0.3) is 0 Å². The summed E-state index contributed by atoms with van der Waals surface area (Å²) in [5.41, 5.74) is -0.462. The molecule has 2 heterocycles. The number of carbonyl (C=O) groups excluding carboxylic acids is 3. The molecule has 1 aromatic carbocycles. The molecule has 31 heavy (non-hydrogen) atoms. The number of alkyl halides is 3. The fourth-order valence-corrected chi connectivity index (χ4v) is 3.59. The first kappa shape index (κ1) is 23.1. The minimum absolute atomic E-state index is 0.00398. The van der Waals surface area contributed by atoms with Crippen molar-refractivity contribution < 1.29 is 31.9 Å². The van der Waals surface area contributed by atoms with Gasteiger partial charge in [0.2, 0.25) is 0 Å². The van der Waals surface area contributed by atoms with E-state index in [0.29, 0.717) is 4.90 Å². The van der Waals surface area contributed by atoms with Gasteiger partial charge in [0, 0.05) is 30.9 Å². The normalized spacial score (nSPS) is 15.1. The van der Waals surface area contributed by atoms with E-state index in [2.05, 4.69) is 10.3 Å². The van der Waals surface area contributed by atoms with Crippen molar-refractivity contribution in [1.82, 2.24) is 15.2 Å². The zero-order valence-corrected chi connectivity index (χ0v) is 17.2. The minimum Gasteiger partial charge on any atom is -0.356 e. The maximum Gasteiger partial charge on any atom is 0.471 e. The Kier molecular flexibility index (Phi) is 6.61. The molecule has 166 valence electrons. The summed E-state index contributed by atoms with van der Waals surface area (Å²) in [7, 11) is 0. The van der Waals surface area contributed by atoms with Crippen LogP contribution in [-0.2, 0) is 4.79 Å². The Balaban J connectivity index is 1.64. The van der Waals surface area contributed by atoms with Crippen LogP contribution in [0.2, 0.25) is 10.0 Å². The topological polar surface area (TPSA) is 82.3 Å². The molecule has 2 aromatic rings. The van der Waals surface area contributed by atoms with Crippen molar-refractivity contribution in [2.45, 2.75) is 25.1 Å². The summed E-state index contributed by atoms with van der Waals surface area (Å²) in [6, 6.07) is 3.24. The molecule has 6 nitrogen and oxygen atoms in total. The molecule has 2 amide bonds. The van der Waals surface area contributed by atoms with Gasteiger partial charge in [-0.3, -0.25) is 14.4 Å². The van der Waals surface area contributed by atoms with Crippen molar-refractivity contribution in [3.05, 3.63) is 57.1 Å². The Hall–Kier alpha value is -2.59. The van der Waals surface area contributed by atoms with E-state index in [1.165, 1.54) is 24.4 Å². The summed E-state index contributed by atoms with van der Waals surface area (Å²) in [6.45, 7) is -0.297. The quantitative estimate of drug-likeness (QED) is 0.395. The molecule has 1 aliphatic heterocycles. The van der Waals surface area contributed by atoms with E-state index in [9.17, 15) is 31.9 Å². The molecule has 0 aliphatic carbocycles. The van der Waals surface area contributed by atoms with Crippen LogP contribution in [0, 0.1) is 5.82 Å². The number of hydrogen-bond donors (Lipinski definition) is 2. The van der Waals surface area contributed by atoms with Gasteiger partial charge in [0.05, 0.1) is 15.6 Å². The van der Waals surface area contributed by atoms with Crippen molar-refractivity contribution >= 4 is 40.8 Å². The number of halogens is 6. The van der Waals surface area contributed by atoms with E-state index in [1.807, 2.05) is 0 Å². The van der Waals surface area contributed by atoms with Crippen LogP contribution < -0.4 is 5.32 Å². The third kappa shape index (κ3) is 5.01. The molecule has 0 radical (unpaired) electrons. The molecular formula is C19H15Cl2F4N3O3. The molecule has 0 unspecified atom stereocenters. The summed E-state index contributed by atoms with van der Waals surface area (Å²) >= 11 is 11.6. The summed E-state index contributed by atoms with van der Waals surface area (Å²) in [5.74, 6) is -4.26. The predicted octanol–water partition coefficient (Wildman–Crippen LogP) is 3.97. The van der Waals surface area contributed by atoms with Crippen LogP contribution in [0.4, 0.5) is 17.6 Å². The Morgan fingerprint density at radius 1 is 1.10 bits per heavy atom. The maximum atomic E-state index is 14.2. The highest BCUT2D eigenvalue weighted by atomic mass is 35.5. The van der Waals surface area contributed by atoms with Gasteiger partial charge in [-0.1, -0.05) is 23.2 Å². The molecule has 1 aromatic heterocycles. The van der Waals surface area contributed by atoms with Crippen molar-refractivity contribution in [1.29, 1.82) is 0 Å². The Bertz CT molecular complexity index is 1030. The Morgan fingerprint density at radius 3 is 2.32 bits per heavy atom. The third-order valence-corrected chi connectivity index (χ3v) is 5.43. The van der Waals surface area contributed by atoms with Crippen molar-refractivity contribution in [3.8, 4) is 0 Å². The van der Waals surface area contributed by atoms with Crippen LogP contribution in [0.15, 0.2) is 24.4 Å². The van der Waals surface area contributed by atoms with E-state index >= 15 is 0 Å². The molecule has 0 spiro atoms. The summed E-state index contributed by atoms with van der Waals surface area (Å²) < 4.78 is 51.7. The fourth-order valence-electron chi connectivity index (χ4n) is 3.21. The number of nitrogens with zero attached hydrogens (tertiary/aromatic N) is 1. The second kappa shape index (κ2) is 8.88.